The van der Waals surface area contributed by atoms with Crippen molar-refractivity contribution in [3.63, 3.8) is 0 Å². The summed E-state index contributed by atoms with van der Waals surface area (Å²) in [5.41, 5.74) is 0.357. The van der Waals surface area contributed by atoms with Crippen LogP contribution >= 0.6 is 0 Å². The second kappa shape index (κ2) is 5.04. The molecule has 1 aliphatic heterocycles. The molecule has 2 N–H and O–H groups in total. The maximum atomic E-state index is 4.02. The van der Waals surface area contributed by atoms with Crippen molar-refractivity contribution in [2.24, 2.45) is 5.41 Å². The Morgan fingerprint density at radius 3 is 3.12 bits per heavy atom. The minimum absolute atomic E-state index is 0.357. The molecule has 17 heavy (non-hydrogen) atoms. The van der Waals surface area contributed by atoms with E-state index in [1.807, 2.05) is 4.68 Å². The third-order valence-electron chi connectivity index (χ3n) is 3.74. The summed E-state index contributed by atoms with van der Waals surface area (Å²) in [5.74, 6) is 1.01. The van der Waals surface area contributed by atoms with E-state index in [4.69, 9.17) is 0 Å². The second-order valence-corrected chi connectivity index (χ2v) is 5.41. The van der Waals surface area contributed by atoms with Gasteiger partial charge in [-0.15, -0.1) is 5.10 Å². The number of rotatable bonds is 4. The van der Waals surface area contributed by atoms with Crippen molar-refractivity contribution in [1.29, 1.82) is 0 Å². The van der Waals surface area contributed by atoms with E-state index in [2.05, 4.69) is 41.7 Å². The largest absolute Gasteiger partial charge is 0.367 e. The van der Waals surface area contributed by atoms with Crippen LogP contribution in [0.15, 0.2) is 6.20 Å². The Balaban J connectivity index is 1.93. The molecule has 1 aromatic rings. The molecule has 2 rings (SSSR count). The second-order valence-electron chi connectivity index (χ2n) is 5.41. The Labute approximate surface area is 103 Å². The van der Waals surface area contributed by atoms with Crippen molar-refractivity contribution in [2.75, 3.05) is 18.4 Å². The van der Waals surface area contributed by atoms with E-state index in [1.165, 1.54) is 12.8 Å². The molecule has 96 valence electrons. The van der Waals surface area contributed by atoms with Crippen LogP contribution in [-0.4, -0.2) is 34.1 Å². The normalized spacial score (nSPS) is 23.6. The average molecular weight is 237 g/mol. The number of hydrogen-bond donors (Lipinski definition) is 2. The van der Waals surface area contributed by atoms with Crippen LogP contribution in [-0.2, 0) is 6.54 Å². The molecule has 0 aromatic carbocycles. The molecule has 1 fully saturated rings. The predicted molar refractivity (Wildman–Crippen MR) is 69.0 cm³/mol. The van der Waals surface area contributed by atoms with Crippen molar-refractivity contribution in [3.05, 3.63) is 6.20 Å². The van der Waals surface area contributed by atoms with Crippen LogP contribution in [0.2, 0.25) is 0 Å². The summed E-state index contributed by atoms with van der Waals surface area (Å²) in [7, 11) is 0. The Morgan fingerprint density at radius 1 is 1.59 bits per heavy atom. The molecule has 0 aliphatic carbocycles. The van der Waals surface area contributed by atoms with Crippen LogP contribution in [0.1, 0.15) is 33.6 Å². The van der Waals surface area contributed by atoms with Gasteiger partial charge in [0.1, 0.15) is 5.82 Å². The molecule has 1 aromatic heterocycles. The van der Waals surface area contributed by atoms with Gasteiger partial charge in [0.25, 0.3) is 0 Å². The summed E-state index contributed by atoms with van der Waals surface area (Å²) in [6.07, 6.45) is 4.36. The van der Waals surface area contributed by atoms with Gasteiger partial charge in [0.15, 0.2) is 0 Å². The summed E-state index contributed by atoms with van der Waals surface area (Å²) in [6.45, 7) is 9.65. The van der Waals surface area contributed by atoms with Crippen LogP contribution in [0.4, 0.5) is 5.82 Å². The smallest absolute Gasteiger partial charge is 0.144 e. The SMILES string of the molecule is CCn1nncc1NCC1NCCCC1(C)C. The lowest BCUT2D eigenvalue weighted by atomic mass is 9.77. The fourth-order valence-corrected chi connectivity index (χ4v) is 2.45. The highest BCUT2D eigenvalue weighted by Gasteiger charge is 2.31. The number of nitrogens with one attached hydrogen (secondary N) is 2. The lowest BCUT2D eigenvalue weighted by molar-refractivity contribution is 0.188. The van der Waals surface area contributed by atoms with Crippen molar-refractivity contribution in [3.8, 4) is 0 Å². The molecule has 1 atom stereocenters. The first kappa shape index (κ1) is 12.4. The summed E-state index contributed by atoms with van der Waals surface area (Å²) in [6, 6.07) is 0.511. The average Bonchev–Trinajstić information content (AvgIpc) is 2.74. The zero-order chi connectivity index (χ0) is 12.3. The first-order chi connectivity index (χ1) is 8.13. The topological polar surface area (TPSA) is 54.8 Å². The van der Waals surface area contributed by atoms with E-state index in [-0.39, 0.29) is 0 Å². The highest BCUT2D eigenvalue weighted by Crippen LogP contribution is 2.30. The molecule has 0 spiro atoms. The maximum Gasteiger partial charge on any atom is 0.144 e. The first-order valence-electron chi connectivity index (χ1n) is 6.49. The van der Waals surface area contributed by atoms with E-state index in [9.17, 15) is 0 Å². The van der Waals surface area contributed by atoms with Crippen LogP contribution in [0.3, 0.4) is 0 Å². The molecule has 1 unspecified atom stereocenters. The van der Waals surface area contributed by atoms with Gasteiger partial charge in [0.05, 0.1) is 6.20 Å². The molecule has 1 saturated heterocycles. The Bertz CT molecular complexity index is 358. The zero-order valence-electron chi connectivity index (χ0n) is 11.0. The Morgan fingerprint density at radius 2 is 2.41 bits per heavy atom. The quantitative estimate of drug-likeness (QED) is 0.833. The predicted octanol–water partition coefficient (Wildman–Crippen LogP) is 1.49. The monoisotopic (exact) mass is 237 g/mol. The third kappa shape index (κ3) is 2.77. The maximum absolute atomic E-state index is 4.02. The van der Waals surface area contributed by atoms with E-state index in [0.29, 0.717) is 11.5 Å². The van der Waals surface area contributed by atoms with Crippen molar-refractivity contribution < 1.29 is 0 Å². The number of hydrogen-bond acceptors (Lipinski definition) is 4. The van der Waals surface area contributed by atoms with Crippen LogP contribution in [0, 0.1) is 5.41 Å². The molecule has 0 bridgehead atoms. The minimum atomic E-state index is 0.357. The van der Waals surface area contributed by atoms with Gasteiger partial charge in [-0.1, -0.05) is 19.1 Å². The molecule has 5 nitrogen and oxygen atoms in total. The molecule has 1 aliphatic rings. The van der Waals surface area contributed by atoms with Crippen molar-refractivity contribution >= 4 is 5.82 Å². The summed E-state index contributed by atoms with van der Waals surface area (Å²) in [4.78, 5) is 0. The molecular formula is C12H23N5. The minimum Gasteiger partial charge on any atom is -0.367 e. The number of nitrogens with zero attached hydrogens (tertiary/aromatic N) is 3. The van der Waals surface area contributed by atoms with E-state index >= 15 is 0 Å². The zero-order valence-corrected chi connectivity index (χ0v) is 11.0. The molecular weight excluding hydrogens is 214 g/mol. The van der Waals surface area contributed by atoms with Gasteiger partial charge >= 0.3 is 0 Å². The van der Waals surface area contributed by atoms with Crippen LogP contribution < -0.4 is 10.6 Å². The number of piperidine rings is 1. The highest BCUT2D eigenvalue weighted by molar-refractivity contribution is 5.31. The van der Waals surface area contributed by atoms with Gasteiger partial charge in [-0.2, -0.15) is 0 Å². The van der Waals surface area contributed by atoms with Crippen LogP contribution in [0.5, 0.6) is 0 Å². The summed E-state index contributed by atoms with van der Waals surface area (Å²) in [5, 5.41) is 15.0. The van der Waals surface area contributed by atoms with Gasteiger partial charge in [-0.25, -0.2) is 4.68 Å². The fraction of sp³-hybridized carbons (Fsp3) is 0.833. The third-order valence-corrected chi connectivity index (χ3v) is 3.74. The number of anilines is 1. The standard InChI is InChI=1S/C12H23N5/c1-4-17-11(9-15-16-17)14-8-10-12(2,3)6-5-7-13-10/h9-10,13-14H,4-8H2,1-3H3. The summed E-state index contributed by atoms with van der Waals surface area (Å²) >= 11 is 0. The molecule has 0 radical (unpaired) electrons. The highest BCUT2D eigenvalue weighted by atomic mass is 15.4. The Hall–Kier alpha value is -1.10. The van der Waals surface area contributed by atoms with Crippen molar-refractivity contribution in [2.45, 2.75) is 46.2 Å². The van der Waals surface area contributed by atoms with Gasteiger partial charge in [-0.05, 0) is 31.7 Å². The fourth-order valence-electron chi connectivity index (χ4n) is 2.45. The first-order valence-corrected chi connectivity index (χ1v) is 6.49. The lowest BCUT2D eigenvalue weighted by Crippen LogP contribution is -2.50. The van der Waals surface area contributed by atoms with E-state index in [0.717, 1.165) is 25.5 Å². The van der Waals surface area contributed by atoms with Gasteiger partial charge < -0.3 is 10.6 Å². The van der Waals surface area contributed by atoms with Crippen LogP contribution in [0.25, 0.3) is 0 Å². The van der Waals surface area contributed by atoms with Gasteiger partial charge in [0.2, 0.25) is 0 Å². The number of aryl methyl sites for hydroxylation is 1. The Kier molecular flexibility index (Phi) is 3.66. The number of aromatic nitrogens is 3. The van der Waals surface area contributed by atoms with Gasteiger partial charge in [-0.3, -0.25) is 0 Å². The molecule has 0 amide bonds. The van der Waals surface area contributed by atoms with E-state index in [1.54, 1.807) is 6.20 Å². The van der Waals surface area contributed by atoms with Crippen molar-refractivity contribution in [1.82, 2.24) is 20.3 Å². The summed E-state index contributed by atoms with van der Waals surface area (Å²) < 4.78 is 1.88. The molecule has 2 heterocycles. The van der Waals surface area contributed by atoms with E-state index < -0.39 is 0 Å². The molecule has 0 saturated carbocycles. The lowest BCUT2D eigenvalue weighted by Gasteiger charge is -2.39. The molecule has 5 heteroatoms. The van der Waals surface area contributed by atoms with Gasteiger partial charge in [0, 0.05) is 19.1 Å².